The number of carbonyl (C=O) groups excluding carboxylic acids is 1. The van der Waals surface area contributed by atoms with Gasteiger partial charge >= 0.3 is 0 Å². The van der Waals surface area contributed by atoms with Gasteiger partial charge in [-0.2, -0.15) is 0 Å². The van der Waals surface area contributed by atoms with Crippen molar-refractivity contribution in [2.75, 3.05) is 18.1 Å². The molecular weight excluding hydrogens is 376 g/mol. The van der Waals surface area contributed by atoms with Gasteiger partial charge in [0.15, 0.2) is 5.13 Å². The number of thiophene rings is 1. The predicted octanol–water partition coefficient (Wildman–Crippen LogP) is 5.15. The van der Waals surface area contributed by atoms with E-state index < -0.39 is 0 Å². The molecule has 0 bridgehead atoms. The molecule has 1 saturated heterocycles. The second-order valence-corrected chi connectivity index (χ2v) is 8.41. The topological polar surface area (TPSA) is 42.4 Å². The van der Waals surface area contributed by atoms with Gasteiger partial charge in [0.2, 0.25) is 0 Å². The maximum absolute atomic E-state index is 13.0. The van der Waals surface area contributed by atoms with Crippen molar-refractivity contribution in [2.24, 2.45) is 0 Å². The van der Waals surface area contributed by atoms with Crippen LogP contribution in [-0.2, 0) is 4.74 Å². The van der Waals surface area contributed by atoms with Crippen LogP contribution >= 0.6 is 34.3 Å². The van der Waals surface area contributed by atoms with Crippen LogP contribution in [0.1, 0.15) is 28.1 Å². The minimum Gasteiger partial charge on any atom is -0.376 e. The number of nitrogens with zero attached hydrogens (tertiary/aromatic N) is 2. The van der Waals surface area contributed by atoms with Crippen LogP contribution in [0.5, 0.6) is 0 Å². The summed E-state index contributed by atoms with van der Waals surface area (Å²) in [5, 5.41) is 3.31. The number of benzene rings is 1. The number of aryl methyl sites for hydroxylation is 1. The molecule has 1 atom stereocenters. The highest BCUT2D eigenvalue weighted by atomic mass is 35.5. The minimum absolute atomic E-state index is 0.0201. The molecule has 1 aliphatic rings. The van der Waals surface area contributed by atoms with E-state index in [0.29, 0.717) is 21.6 Å². The summed E-state index contributed by atoms with van der Waals surface area (Å²) in [6, 6.07) is 7.59. The molecule has 1 unspecified atom stereocenters. The number of fused-ring (bicyclic) bond motifs is 1. The number of rotatable bonds is 4. The van der Waals surface area contributed by atoms with E-state index in [1.165, 1.54) is 22.7 Å². The van der Waals surface area contributed by atoms with Crippen molar-refractivity contribution in [1.82, 2.24) is 4.98 Å². The summed E-state index contributed by atoms with van der Waals surface area (Å²) in [4.78, 5) is 20.3. The molecule has 0 radical (unpaired) electrons. The second kappa shape index (κ2) is 7.03. The quantitative estimate of drug-likeness (QED) is 0.616. The Morgan fingerprint density at radius 2 is 2.32 bits per heavy atom. The number of anilines is 1. The van der Waals surface area contributed by atoms with Gasteiger partial charge < -0.3 is 4.74 Å². The van der Waals surface area contributed by atoms with Crippen LogP contribution in [0.2, 0.25) is 5.02 Å². The summed E-state index contributed by atoms with van der Waals surface area (Å²) in [5.41, 5.74) is 1.81. The molecule has 2 aromatic heterocycles. The molecule has 3 heterocycles. The van der Waals surface area contributed by atoms with Crippen molar-refractivity contribution in [2.45, 2.75) is 25.9 Å². The van der Waals surface area contributed by atoms with Crippen LogP contribution in [0, 0.1) is 6.92 Å². The van der Waals surface area contributed by atoms with E-state index in [2.05, 4.69) is 0 Å². The molecule has 7 heteroatoms. The molecule has 1 aliphatic heterocycles. The molecule has 0 spiro atoms. The number of hydrogen-bond acceptors (Lipinski definition) is 5. The molecular formula is C18H17ClN2O2S2. The van der Waals surface area contributed by atoms with Crippen molar-refractivity contribution >= 4 is 55.5 Å². The Balaban J connectivity index is 1.74. The fourth-order valence-electron chi connectivity index (χ4n) is 2.98. The number of carbonyl (C=O) groups is 1. The van der Waals surface area contributed by atoms with Crippen LogP contribution in [0.4, 0.5) is 5.13 Å². The first-order valence-electron chi connectivity index (χ1n) is 8.16. The molecule has 0 saturated carbocycles. The van der Waals surface area contributed by atoms with Crippen LogP contribution in [0.25, 0.3) is 10.2 Å². The molecule has 130 valence electrons. The van der Waals surface area contributed by atoms with Gasteiger partial charge in [0, 0.05) is 11.6 Å². The maximum Gasteiger partial charge on any atom is 0.270 e. The van der Waals surface area contributed by atoms with E-state index in [1.807, 2.05) is 36.6 Å². The van der Waals surface area contributed by atoms with E-state index in [-0.39, 0.29) is 12.0 Å². The third kappa shape index (κ3) is 3.31. The van der Waals surface area contributed by atoms with Crippen LogP contribution in [0.15, 0.2) is 29.6 Å². The lowest BCUT2D eigenvalue weighted by atomic mass is 10.2. The monoisotopic (exact) mass is 392 g/mol. The van der Waals surface area contributed by atoms with Gasteiger partial charge in [0.1, 0.15) is 0 Å². The Bertz CT molecular complexity index is 901. The number of amides is 1. The summed E-state index contributed by atoms with van der Waals surface area (Å²) in [6.07, 6.45) is 2.09. The lowest BCUT2D eigenvalue weighted by Gasteiger charge is -2.22. The number of ether oxygens (including phenoxy) is 1. The van der Waals surface area contributed by atoms with E-state index in [4.69, 9.17) is 21.3 Å². The van der Waals surface area contributed by atoms with E-state index >= 15 is 0 Å². The number of thiazole rings is 1. The van der Waals surface area contributed by atoms with Crippen LogP contribution < -0.4 is 4.90 Å². The van der Waals surface area contributed by atoms with Gasteiger partial charge in [0.25, 0.3) is 5.91 Å². The molecule has 0 aliphatic carbocycles. The molecule has 1 aromatic carbocycles. The third-order valence-electron chi connectivity index (χ3n) is 4.35. The first-order chi connectivity index (χ1) is 12.1. The molecule has 1 fully saturated rings. The lowest BCUT2D eigenvalue weighted by molar-refractivity contribution is 0.0920. The fourth-order valence-corrected chi connectivity index (χ4v) is 4.83. The average molecular weight is 393 g/mol. The molecule has 3 aromatic rings. The Morgan fingerprint density at radius 3 is 3.04 bits per heavy atom. The number of hydrogen-bond donors (Lipinski definition) is 0. The zero-order valence-corrected chi connectivity index (χ0v) is 16.1. The zero-order chi connectivity index (χ0) is 17.4. The summed E-state index contributed by atoms with van der Waals surface area (Å²) in [6.45, 7) is 3.25. The van der Waals surface area contributed by atoms with Gasteiger partial charge in [-0.25, -0.2) is 4.98 Å². The van der Waals surface area contributed by atoms with Crippen LogP contribution in [-0.4, -0.2) is 30.1 Å². The smallest absolute Gasteiger partial charge is 0.270 e. The van der Waals surface area contributed by atoms with Gasteiger partial charge in [0.05, 0.1) is 27.7 Å². The second-order valence-electron chi connectivity index (χ2n) is 6.04. The summed E-state index contributed by atoms with van der Waals surface area (Å²) in [5.74, 6) is -0.0201. The lowest BCUT2D eigenvalue weighted by Crippen LogP contribution is -2.37. The summed E-state index contributed by atoms with van der Waals surface area (Å²) < 4.78 is 6.79. The number of aromatic nitrogens is 1. The standard InChI is InChI=1S/C18H17ClN2O2S2/c1-11-13(19)6-7-14-16(11)20-18(25-14)21(10-12-4-2-8-23-12)17(22)15-5-3-9-24-15/h3,5-7,9,12H,2,4,8,10H2,1H3. The third-order valence-corrected chi connectivity index (χ3v) is 6.67. The van der Waals surface area contributed by atoms with Crippen LogP contribution in [0.3, 0.4) is 0 Å². The average Bonchev–Trinajstić information content (AvgIpc) is 3.36. The fraction of sp³-hybridized carbons (Fsp3) is 0.333. The van der Waals surface area contributed by atoms with E-state index in [0.717, 1.165) is 35.2 Å². The van der Waals surface area contributed by atoms with Gasteiger partial charge in [-0.05, 0) is 48.9 Å². The Hall–Kier alpha value is -1.47. The van der Waals surface area contributed by atoms with Gasteiger partial charge in [-0.3, -0.25) is 9.69 Å². The predicted molar refractivity (Wildman–Crippen MR) is 104 cm³/mol. The highest BCUT2D eigenvalue weighted by Gasteiger charge is 2.27. The highest BCUT2D eigenvalue weighted by molar-refractivity contribution is 7.22. The van der Waals surface area contributed by atoms with Crippen molar-refractivity contribution < 1.29 is 9.53 Å². The zero-order valence-electron chi connectivity index (χ0n) is 13.7. The van der Waals surface area contributed by atoms with Crippen molar-refractivity contribution in [3.8, 4) is 0 Å². The SMILES string of the molecule is Cc1c(Cl)ccc2sc(N(CC3CCCO3)C(=O)c3cccs3)nc12. The Morgan fingerprint density at radius 1 is 1.44 bits per heavy atom. The summed E-state index contributed by atoms with van der Waals surface area (Å²) >= 11 is 9.19. The highest BCUT2D eigenvalue weighted by Crippen LogP contribution is 2.35. The summed E-state index contributed by atoms with van der Waals surface area (Å²) in [7, 11) is 0. The number of halogens is 1. The first-order valence-corrected chi connectivity index (χ1v) is 10.2. The maximum atomic E-state index is 13.0. The van der Waals surface area contributed by atoms with Crippen molar-refractivity contribution in [3.05, 3.63) is 45.1 Å². The molecule has 1 amide bonds. The first kappa shape index (κ1) is 17.0. The molecule has 4 rings (SSSR count). The van der Waals surface area contributed by atoms with E-state index in [1.54, 1.807) is 4.90 Å². The largest absolute Gasteiger partial charge is 0.376 e. The van der Waals surface area contributed by atoms with Crippen molar-refractivity contribution in [1.29, 1.82) is 0 Å². The molecule has 25 heavy (non-hydrogen) atoms. The van der Waals surface area contributed by atoms with E-state index in [9.17, 15) is 4.79 Å². The minimum atomic E-state index is -0.0201. The molecule has 4 nitrogen and oxygen atoms in total. The van der Waals surface area contributed by atoms with Gasteiger partial charge in [-0.15, -0.1) is 11.3 Å². The Kier molecular flexibility index (Phi) is 4.78. The Labute approximate surface area is 159 Å². The van der Waals surface area contributed by atoms with Gasteiger partial charge in [-0.1, -0.05) is 29.0 Å². The normalized spacial score (nSPS) is 17.3. The van der Waals surface area contributed by atoms with Crippen molar-refractivity contribution in [3.63, 3.8) is 0 Å². The molecule has 0 N–H and O–H groups in total.